The van der Waals surface area contributed by atoms with Crippen LogP contribution < -0.4 is 5.32 Å². The number of hydrogen-bond acceptors (Lipinski definition) is 4. The lowest BCUT2D eigenvalue weighted by molar-refractivity contribution is -0.119. The van der Waals surface area contributed by atoms with Crippen LogP contribution in [0, 0.1) is 6.92 Å². The maximum absolute atomic E-state index is 13.1. The number of methoxy groups -OCH3 is 2. The van der Waals surface area contributed by atoms with Crippen molar-refractivity contribution < 1.29 is 19.4 Å². The summed E-state index contributed by atoms with van der Waals surface area (Å²) < 4.78 is 11.1. The van der Waals surface area contributed by atoms with Crippen LogP contribution in [0.5, 0.6) is 0 Å². The van der Waals surface area contributed by atoms with E-state index in [1.165, 1.54) is 0 Å². The number of carbonyl (C=O) groups excluding carboxylic acids is 1. The van der Waals surface area contributed by atoms with E-state index in [1.807, 2.05) is 49.4 Å². The second kappa shape index (κ2) is 8.30. The first-order chi connectivity index (χ1) is 14.8. The van der Waals surface area contributed by atoms with Gasteiger partial charge in [-0.25, -0.2) is 0 Å². The molecule has 0 radical (unpaired) electrons. The number of carbonyl (C=O) groups is 1. The highest BCUT2D eigenvalue weighted by atomic mass is 35.5. The number of hydrogen-bond donors (Lipinski definition) is 2. The van der Waals surface area contributed by atoms with E-state index in [2.05, 4.69) is 5.32 Å². The van der Waals surface area contributed by atoms with Gasteiger partial charge in [-0.3, -0.25) is 4.79 Å². The van der Waals surface area contributed by atoms with Crippen LogP contribution in [0.4, 0.5) is 0 Å². The molecule has 164 valence electrons. The van der Waals surface area contributed by atoms with E-state index in [1.54, 1.807) is 14.2 Å². The van der Waals surface area contributed by atoms with Crippen molar-refractivity contribution in [1.29, 1.82) is 0 Å². The average Bonchev–Trinajstić information content (AvgIpc) is 3.01. The first-order valence-corrected chi connectivity index (χ1v) is 10.9. The Morgan fingerprint density at radius 1 is 1.03 bits per heavy atom. The topological polar surface area (TPSA) is 67.8 Å². The van der Waals surface area contributed by atoms with E-state index in [0.717, 1.165) is 22.3 Å². The molecule has 1 fully saturated rings. The second-order valence-electron chi connectivity index (χ2n) is 8.62. The van der Waals surface area contributed by atoms with E-state index in [0.29, 0.717) is 42.9 Å². The standard InChI is InChI=1S/C25H28ClNO4/c1-16-4-5-18(17-6-8-19(26)9-7-17)14-20(16)21-22(28)25(27-23(21)29)12-10-24(31-3,11-13-25)15-30-2/h4-9,14,28H,10-13,15H2,1-3H3,(H,27,29)/t24-,25+. The van der Waals surface area contributed by atoms with Crippen molar-refractivity contribution in [3.05, 3.63) is 64.4 Å². The minimum absolute atomic E-state index is 0.135. The number of aryl methyl sites for hydroxylation is 1. The Balaban J connectivity index is 1.70. The maximum atomic E-state index is 13.1. The lowest BCUT2D eigenvalue weighted by atomic mass is 9.73. The van der Waals surface area contributed by atoms with Gasteiger partial charge in [0.1, 0.15) is 5.76 Å². The van der Waals surface area contributed by atoms with Gasteiger partial charge in [0, 0.05) is 19.2 Å². The Hall–Kier alpha value is -2.34. The van der Waals surface area contributed by atoms with Crippen LogP contribution in [0.2, 0.25) is 5.02 Å². The van der Waals surface area contributed by atoms with Crippen molar-refractivity contribution in [2.24, 2.45) is 0 Å². The summed E-state index contributed by atoms with van der Waals surface area (Å²) in [5.41, 5.74) is 2.90. The van der Waals surface area contributed by atoms with Crippen LogP contribution >= 0.6 is 11.6 Å². The molecular formula is C25H28ClNO4. The Bertz CT molecular complexity index is 1020. The first kappa shape index (κ1) is 21.9. The summed E-state index contributed by atoms with van der Waals surface area (Å²) in [4.78, 5) is 13.1. The monoisotopic (exact) mass is 441 g/mol. The van der Waals surface area contributed by atoms with Gasteiger partial charge in [-0.1, -0.05) is 35.9 Å². The smallest absolute Gasteiger partial charge is 0.256 e. The fourth-order valence-electron chi connectivity index (χ4n) is 4.81. The zero-order valence-electron chi connectivity index (χ0n) is 18.1. The SMILES string of the molecule is COC[C@]1(OC)CC[C@]2(CC1)NC(=O)C(c1cc(-c3ccc(Cl)cc3)ccc1C)=C2O. The van der Waals surface area contributed by atoms with Crippen LogP contribution in [-0.2, 0) is 14.3 Å². The lowest BCUT2D eigenvalue weighted by Gasteiger charge is -2.43. The first-order valence-electron chi connectivity index (χ1n) is 10.5. The largest absolute Gasteiger partial charge is 0.509 e. The number of aliphatic hydroxyl groups is 1. The normalized spacial score (nSPS) is 25.9. The summed E-state index contributed by atoms with van der Waals surface area (Å²) >= 11 is 6.02. The Morgan fingerprint density at radius 3 is 2.29 bits per heavy atom. The summed E-state index contributed by atoms with van der Waals surface area (Å²) in [6.07, 6.45) is 2.58. The quantitative estimate of drug-likeness (QED) is 0.680. The molecule has 1 spiro atoms. The van der Waals surface area contributed by atoms with Gasteiger partial charge >= 0.3 is 0 Å². The van der Waals surface area contributed by atoms with E-state index >= 15 is 0 Å². The van der Waals surface area contributed by atoms with E-state index < -0.39 is 5.54 Å². The number of ether oxygens (including phenoxy) is 2. The molecule has 2 aliphatic rings. The summed E-state index contributed by atoms with van der Waals surface area (Å²) in [7, 11) is 3.35. The van der Waals surface area contributed by atoms with Crippen LogP contribution in [-0.4, -0.2) is 43.0 Å². The molecule has 0 unspecified atom stereocenters. The van der Waals surface area contributed by atoms with Crippen molar-refractivity contribution >= 4 is 23.1 Å². The number of nitrogens with one attached hydrogen (secondary N) is 1. The van der Waals surface area contributed by atoms with Crippen molar-refractivity contribution in [2.75, 3.05) is 20.8 Å². The molecule has 1 heterocycles. The molecule has 0 saturated heterocycles. The molecule has 0 aromatic heterocycles. The highest BCUT2D eigenvalue weighted by molar-refractivity contribution is 6.30. The summed E-state index contributed by atoms with van der Waals surface area (Å²) in [6.45, 7) is 2.45. The van der Waals surface area contributed by atoms with Gasteiger partial charge < -0.3 is 19.9 Å². The van der Waals surface area contributed by atoms with Crippen LogP contribution in [0.25, 0.3) is 16.7 Å². The molecule has 1 amide bonds. The third-order valence-electron chi connectivity index (χ3n) is 6.81. The van der Waals surface area contributed by atoms with Gasteiger partial charge in [-0.05, 0) is 73.1 Å². The third kappa shape index (κ3) is 3.86. The molecular weight excluding hydrogens is 414 g/mol. The molecule has 1 aliphatic carbocycles. The fraction of sp³-hybridized carbons (Fsp3) is 0.400. The van der Waals surface area contributed by atoms with E-state index in [4.69, 9.17) is 21.1 Å². The molecule has 1 saturated carbocycles. The van der Waals surface area contributed by atoms with Gasteiger partial charge in [0.25, 0.3) is 5.91 Å². The molecule has 2 N–H and O–H groups in total. The number of amides is 1. The molecule has 1 aliphatic heterocycles. The predicted octanol–water partition coefficient (Wildman–Crippen LogP) is 5.06. The Labute approximate surface area is 188 Å². The molecule has 31 heavy (non-hydrogen) atoms. The molecule has 0 atom stereocenters. The van der Waals surface area contributed by atoms with Crippen molar-refractivity contribution in [1.82, 2.24) is 5.32 Å². The number of benzene rings is 2. The Morgan fingerprint density at radius 2 is 1.68 bits per heavy atom. The van der Waals surface area contributed by atoms with Gasteiger partial charge in [-0.15, -0.1) is 0 Å². The lowest BCUT2D eigenvalue weighted by Crippen LogP contribution is -2.53. The fourth-order valence-corrected chi connectivity index (χ4v) is 4.94. The average molecular weight is 442 g/mol. The second-order valence-corrected chi connectivity index (χ2v) is 9.05. The van der Waals surface area contributed by atoms with Crippen LogP contribution in [0.1, 0.15) is 36.8 Å². The predicted molar refractivity (Wildman–Crippen MR) is 122 cm³/mol. The van der Waals surface area contributed by atoms with Gasteiger partial charge in [0.2, 0.25) is 0 Å². The molecule has 4 rings (SSSR count). The molecule has 5 nitrogen and oxygen atoms in total. The molecule has 2 aromatic carbocycles. The summed E-state index contributed by atoms with van der Waals surface area (Å²) in [5, 5.41) is 15.1. The van der Waals surface area contributed by atoms with E-state index in [-0.39, 0.29) is 17.3 Å². The number of aliphatic hydroxyl groups excluding tert-OH is 1. The van der Waals surface area contributed by atoms with Crippen molar-refractivity contribution in [2.45, 2.75) is 43.7 Å². The van der Waals surface area contributed by atoms with Crippen molar-refractivity contribution in [3.63, 3.8) is 0 Å². The highest BCUT2D eigenvalue weighted by Crippen LogP contribution is 2.46. The highest BCUT2D eigenvalue weighted by Gasteiger charge is 2.51. The summed E-state index contributed by atoms with van der Waals surface area (Å²) in [5.74, 6) is -0.0958. The van der Waals surface area contributed by atoms with Crippen LogP contribution in [0.3, 0.4) is 0 Å². The van der Waals surface area contributed by atoms with Gasteiger partial charge in [0.05, 0.1) is 23.3 Å². The minimum atomic E-state index is -0.745. The van der Waals surface area contributed by atoms with Gasteiger partial charge in [0.15, 0.2) is 0 Å². The van der Waals surface area contributed by atoms with Gasteiger partial charge in [-0.2, -0.15) is 0 Å². The molecule has 2 aromatic rings. The third-order valence-corrected chi connectivity index (χ3v) is 7.06. The number of rotatable bonds is 5. The van der Waals surface area contributed by atoms with Crippen molar-refractivity contribution in [3.8, 4) is 11.1 Å². The summed E-state index contributed by atoms with van der Waals surface area (Å²) in [6, 6.07) is 13.5. The minimum Gasteiger partial charge on any atom is -0.509 e. The zero-order chi connectivity index (χ0) is 22.2. The maximum Gasteiger partial charge on any atom is 0.256 e. The Kier molecular flexibility index (Phi) is 5.86. The number of halogens is 1. The van der Waals surface area contributed by atoms with E-state index in [9.17, 15) is 9.90 Å². The molecule has 0 bridgehead atoms. The molecule has 6 heteroatoms. The van der Waals surface area contributed by atoms with Crippen LogP contribution in [0.15, 0.2) is 48.2 Å². The zero-order valence-corrected chi connectivity index (χ0v) is 18.9.